The van der Waals surface area contributed by atoms with Gasteiger partial charge in [0.15, 0.2) is 0 Å². The molecule has 0 spiro atoms. The number of alkyl halides is 3. The number of carbonyl (C=O) groups excluding carboxylic acids is 1. The predicted octanol–water partition coefficient (Wildman–Crippen LogP) is 3.96. The number of ether oxygens (including phenoxy) is 2. The summed E-state index contributed by atoms with van der Waals surface area (Å²) in [6.07, 6.45) is -3.23. The topological polar surface area (TPSA) is 76.2 Å². The zero-order valence-corrected chi connectivity index (χ0v) is 14.4. The van der Waals surface area contributed by atoms with Gasteiger partial charge in [-0.25, -0.2) is 0 Å². The van der Waals surface area contributed by atoms with Gasteiger partial charge in [-0.3, -0.25) is 9.78 Å². The predicted molar refractivity (Wildman–Crippen MR) is 91.7 cm³/mol. The molecule has 0 bridgehead atoms. The van der Waals surface area contributed by atoms with Crippen molar-refractivity contribution in [1.29, 1.82) is 0 Å². The number of hydrogen-bond acceptors (Lipinski definition) is 4. The van der Waals surface area contributed by atoms with Crippen LogP contribution in [0.25, 0.3) is 10.9 Å². The second-order valence-electron chi connectivity index (χ2n) is 5.80. The number of aromatic nitrogens is 2. The van der Waals surface area contributed by atoms with E-state index in [0.29, 0.717) is 22.3 Å². The minimum atomic E-state index is -4.77. The highest BCUT2D eigenvalue weighted by atomic mass is 19.4. The molecule has 0 fully saturated rings. The van der Waals surface area contributed by atoms with Gasteiger partial charge < -0.3 is 19.8 Å². The number of benzene rings is 1. The Bertz CT molecular complexity index is 952. The number of rotatable bonds is 5. The number of methoxy groups -OCH3 is 1. The third kappa shape index (κ3) is 4.49. The van der Waals surface area contributed by atoms with Crippen LogP contribution in [0.3, 0.4) is 0 Å². The molecule has 1 amide bonds. The molecule has 1 atom stereocenters. The molecule has 0 aliphatic rings. The second-order valence-corrected chi connectivity index (χ2v) is 5.80. The van der Waals surface area contributed by atoms with E-state index in [9.17, 15) is 18.0 Å². The van der Waals surface area contributed by atoms with Crippen molar-refractivity contribution in [2.75, 3.05) is 7.11 Å². The van der Waals surface area contributed by atoms with Gasteiger partial charge in [0.2, 0.25) is 0 Å². The van der Waals surface area contributed by atoms with Crippen LogP contribution in [-0.2, 0) is 0 Å². The van der Waals surface area contributed by atoms with Gasteiger partial charge in [-0.05, 0) is 43.3 Å². The monoisotopic (exact) mass is 379 g/mol. The van der Waals surface area contributed by atoms with E-state index < -0.39 is 12.3 Å². The van der Waals surface area contributed by atoms with E-state index in [0.717, 1.165) is 0 Å². The van der Waals surface area contributed by atoms with Gasteiger partial charge in [-0.1, -0.05) is 0 Å². The number of amides is 1. The van der Waals surface area contributed by atoms with E-state index >= 15 is 0 Å². The quantitative estimate of drug-likeness (QED) is 0.704. The summed E-state index contributed by atoms with van der Waals surface area (Å²) in [4.78, 5) is 19.5. The van der Waals surface area contributed by atoms with Crippen LogP contribution >= 0.6 is 0 Å². The number of hydrogen-bond donors (Lipinski definition) is 2. The number of H-pyrrole nitrogens is 1. The van der Waals surface area contributed by atoms with Crippen LogP contribution in [0, 0.1) is 0 Å². The Labute approximate surface area is 152 Å². The van der Waals surface area contributed by atoms with E-state index in [4.69, 9.17) is 4.74 Å². The Balaban J connectivity index is 1.74. The van der Waals surface area contributed by atoms with E-state index in [-0.39, 0.29) is 17.5 Å². The minimum Gasteiger partial charge on any atom is -0.495 e. The maximum Gasteiger partial charge on any atom is 0.573 e. The average molecular weight is 379 g/mol. The molecule has 0 saturated heterocycles. The average Bonchev–Trinajstić information content (AvgIpc) is 3.04. The third-order valence-corrected chi connectivity index (χ3v) is 3.86. The Morgan fingerprint density at radius 3 is 2.56 bits per heavy atom. The molecule has 2 heterocycles. The fraction of sp³-hybridized carbons (Fsp3) is 0.222. The van der Waals surface area contributed by atoms with Gasteiger partial charge in [-0.15, -0.1) is 13.2 Å². The highest BCUT2D eigenvalue weighted by Crippen LogP contribution is 2.27. The first-order valence-corrected chi connectivity index (χ1v) is 7.94. The number of carbonyl (C=O) groups is 1. The Morgan fingerprint density at radius 1 is 1.19 bits per heavy atom. The lowest BCUT2D eigenvalue weighted by Gasteiger charge is -2.13. The Kier molecular flexibility index (Phi) is 4.93. The van der Waals surface area contributed by atoms with E-state index in [1.165, 1.54) is 31.4 Å². The third-order valence-electron chi connectivity index (χ3n) is 3.86. The van der Waals surface area contributed by atoms with Crippen molar-refractivity contribution < 1.29 is 27.4 Å². The summed E-state index contributed by atoms with van der Waals surface area (Å²) in [5.41, 5.74) is 1.38. The summed E-state index contributed by atoms with van der Waals surface area (Å²) >= 11 is 0. The van der Waals surface area contributed by atoms with Crippen molar-refractivity contribution in [2.24, 2.45) is 0 Å². The highest BCUT2D eigenvalue weighted by Gasteiger charge is 2.31. The molecule has 6 nitrogen and oxygen atoms in total. The molecule has 2 N–H and O–H groups in total. The van der Waals surface area contributed by atoms with E-state index in [2.05, 4.69) is 20.0 Å². The van der Waals surface area contributed by atoms with Crippen LogP contribution in [0.2, 0.25) is 0 Å². The molecule has 1 aromatic carbocycles. The number of halogens is 3. The van der Waals surface area contributed by atoms with Crippen molar-refractivity contribution in [3.63, 3.8) is 0 Å². The zero-order valence-electron chi connectivity index (χ0n) is 14.4. The largest absolute Gasteiger partial charge is 0.573 e. The summed E-state index contributed by atoms with van der Waals surface area (Å²) in [6, 6.07) is 8.36. The molecule has 2 aromatic heterocycles. The van der Waals surface area contributed by atoms with Gasteiger partial charge in [0.05, 0.1) is 25.0 Å². The molecule has 0 aliphatic heterocycles. The molecule has 0 unspecified atom stereocenters. The lowest BCUT2D eigenvalue weighted by Crippen LogP contribution is -2.27. The van der Waals surface area contributed by atoms with Crippen LogP contribution in [-0.4, -0.2) is 29.3 Å². The normalized spacial score (nSPS) is 12.6. The SMILES string of the molecule is COc1ccc([C@@H](C)NC(=O)c2cc3cc(OC(F)(F)F)ccc3[nH]2)nc1. The first-order chi connectivity index (χ1) is 12.7. The van der Waals surface area contributed by atoms with Gasteiger partial charge in [0.25, 0.3) is 5.91 Å². The number of nitrogens with one attached hydrogen (secondary N) is 2. The molecule has 27 heavy (non-hydrogen) atoms. The second kappa shape index (κ2) is 7.18. The lowest BCUT2D eigenvalue weighted by molar-refractivity contribution is -0.274. The summed E-state index contributed by atoms with van der Waals surface area (Å²) in [5.74, 6) is -0.156. The van der Waals surface area contributed by atoms with E-state index in [1.54, 1.807) is 25.3 Å². The van der Waals surface area contributed by atoms with Crippen molar-refractivity contribution in [3.8, 4) is 11.5 Å². The highest BCUT2D eigenvalue weighted by molar-refractivity contribution is 5.98. The number of fused-ring (bicyclic) bond motifs is 1. The van der Waals surface area contributed by atoms with Crippen molar-refractivity contribution >= 4 is 16.8 Å². The lowest BCUT2D eigenvalue weighted by atomic mass is 10.2. The molecule has 3 rings (SSSR count). The van der Waals surface area contributed by atoms with Crippen LogP contribution in [0.15, 0.2) is 42.6 Å². The summed E-state index contributed by atoms with van der Waals surface area (Å²) in [5, 5.41) is 3.21. The molecule has 0 saturated carbocycles. The standard InChI is InChI=1S/C18H16F3N3O3/c1-10(14-5-4-13(26-2)9-22-14)23-17(25)16-8-11-7-12(27-18(19,20)21)3-6-15(11)24-16/h3-10,24H,1-2H3,(H,23,25)/t10-/m1/s1. The Hall–Kier alpha value is -3.23. The Morgan fingerprint density at radius 2 is 1.93 bits per heavy atom. The van der Waals surface area contributed by atoms with Crippen LogP contribution < -0.4 is 14.8 Å². The summed E-state index contributed by atoms with van der Waals surface area (Å²) in [7, 11) is 1.53. The molecular weight excluding hydrogens is 363 g/mol. The van der Waals surface area contributed by atoms with Crippen molar-refractivity contribution in [2.45, 2.75) is 19.3 Å². The molecule has 142 valence electrons. The van der Waals surface area contributed by atoms with Crippen molar-refractivity contribution in [3.05, 3.63) is 54.0 Å². The first kappa shape index (κ1) is 18.6. The summed E-state index contributed by atoms with van der Waals surface area (Å²) < 4.78 is 45.9. The summed E-state index contributed by atoms with van der Waals surface area (Å²) in [6.45, 7) is 1.77. The van der Waals surface area contributed by atoms with E-state index in [1.807, 2.05) is 0 Å². The van der Waals surface area contributed by atoms with Gasteiger partial charge >= 0.3 is 6.36 Å². The first-order valence-electron chi connectivity index (χ1n) is 7.94. The van der Waals surface area contributed by atoms with Gasteiger partial charge in [-0.2, -0.15) is 0 Å². The maximum atomic E-state index is 12.4. The molecule has 0 aliphatic carbocycles. The van der Waals surface area contributed by atoms with Crippen LogP contribution in [0.4, 0.5) is 13.2 Å². The van der Waals surface area contributed by atoms with Gasteiger partial charge in [0, 0.05) is 10.9 Å². The molecular formula is C18H16F3N3O3. The smallest absolute Gasteiger partial charge is 0.495 e. The van der Waals surface area contributed by atoms with Crippen molar-refractivity contribution in [1.82, 2.24) is 15.3 Å². The fourth-order valence-electron chi connectivity index (χ4n) is 2.55. The number of pyridine rings is 1. The number of aromatic amines is 1. The molecule has 0 radical (unpaired) electrons. The fourth-order valence-corrected chi connectivity index (χ4v) is 2.55. The molecule has 3 aromatic rings. The zero-order chi connectivity index (χ0) is 19.6. The maximum absolute atomic E-state index is 12.4. The van der Waals surface area contributed by atoms with Gasteiger partial charge in [0.1, 0.15) is 17.2 Å². The van der Waals surface area contributed by atoms with Crippen LogP contribution in [0.5, 0.6) is 11.5 Å². The number of nitrogens with zero attached hydrogens (tertiary/aromatic N) is 1. The molecule has 9 heteroatoms. The minimum absolute atomic E-state index is 0.217. The van der Waals surface area contributed by atoms with Crippen LogP contribution in [0.1, 0.15) is 29.1 Å².